The van der Waals surface area contributed by atoms with Crippen molar-refractivity contribution >= 4 is 17.9 Å². The number of carboxylic acid groups (broad SMARTS) is 1. The number of urea groups is 1. The van der Waals surface area contributed by atoms with Gasteiger partial charge in [-0.1, -0.05) is 0 Å². The average Bonchev–Trinajstić information content (AvgIpc) is 2.36. The van der Waals surface area contributed by atoms with E-state index in [1.807, 2.05) is 0 Å². The zero-order valence-corrected chi connectivity index (χ0v) is 10.5. The smallest absolute Gasteiger partial charge is 0.322 e. The van der Waals surface area contributed by atoms with Gasteiger partial charge in [-0.25, -0.2) is 4.79 Å². The molecule has 1 aliphatic carbocycles. The van der Waals surface area contributed by atoms with Crippen molar-refractivity contribution in [2.45, 2.75) is 37.8 Å². The van der Waals surface area contributed by atoms with E-state index in [9.17, 15) is 19.5 Å². The van der Waals surface area contributed by atoms with Crippen LogP contribution in [0.2, 0.25) is 0 Å². The maximum Gasteiger partial charge on any atom is 0.322 e. The number of aliphatic carboxylic acids is 1. The fraction of sp³-hybridized carbons (Fsp3) is 0.727. The highest BCUT2D eigenvalue weighted by Gasteiger charge is 2.20. The summed E-state index contributed by atoms with van der Waals surface area (Å²) < 4.78 is 0. The van der Waals surface area contributed by atoms with E-state index < -0.39 is 24.5 Å². The lowest BCUT2D eigenvalue weighted by Crippen LogP contribution is -2.47. The van der Waals surface area contributed by atoms with Crippen LogP contribution >= 0.6 is 0 Å². The molecule has 0 heterocycles. The van der Waals surface area contributed by atoms with Crippen LogP contribution in [0.5, 0.6) is 0 Å². The van der Waals surface area contributed by atoms with Crippen molar-refractivity contribution in [2.75, 3.05) is 13.1 Å². The van der Waals surface area contributed by atoms with Crippen LogP contribution < -0.4 is 16.0 Å². The summed E-state index contributed by atoms with van der Waals surface area (Å²) in [4.78, 5) is 32.8. The Bertz CT molecular complexity index is 339. The first-order valence-electron chi connectivity index (χ1n) is 6.18. The number of hydrogen-bond donors (Lipinski definition) is 5. The van der Waals surface area contributed by atoms with E-state index in [2.05, 4.69) is 16.0 Å². The molecule has 19 heavy (non-hydrogen) atoms. The monoisotopic (exact) mass is 273 g/mol. The molecule has 8 heteroatoms. The SMILES string of the molecule is O=C(O)CNC(=O)CNC(=O)NC1CCC(O)CC1. The summed E-state index contributed by atoms with van der Waals surface area (Å²) in [6, 6.07) is -0.461. The molecule has 8 nitrogen and oxygen atoms in total. The molecule has 1 saturated carbocycles. The maximum atomic E-state index is 11.5. The lowest BCUT2D eigenvalue weighted by atomic mass is 9.93. The number of hydrogen-bond acceptors (Lipinski definition) is 4. The van der Waals surface area contributed by atoms with Gasteiger partial charge >= 0.3 is 12.0 Å². The first-order chi connectivity index (χ1) is 8.97. The number of amides is 3. The fourth-order valence-corrected chi connectivity index (χ4v) is 1.85. The summed E-state index contributed by atoms with van der Waals surface area (Å²) in [5.41, 5.74) is 0. The number of aliphatic hydroxyl groups is 1. The molecule has 5 N–H and O–H groups in total. The van der Waals surface area contributed by atoms with Gasteiger partial charge in [0, 0.05) is 6.04 Å². The Morgan fingerprint density at radius 2 is 1.63 bits per heavy atom. The molecule has 0 aromatic rings. The van der Waals surface area contributed by atoms with Crippen LogP contribution in [0.1, 0.15) is 25.7 Å². The molecule has 0 atom stereocenters. The van der Waals surface area contributed by atoms with Gasteiger partial charge in [0.25, 0.3) is 0 Å². The van der Waals surface area contributed by atoms with Crippen LogP contribution in [0.15, 0.2) is 0 Å². The molecular formula is C11H19N3O5. The Kier molecular flexibility index (Phi) is 6.07. The van der Waals surface area contributed by atoms with E-state index in [4.69, 9.17) is 5.11 Å². The molecule has 108 valence electrons. The van der Waals surface area contributed by atoms with Gasteiger partial charge in [-0.05, 0) is 25.7 Å². The van der Waals surface area contributed by atoms with Crippen LogP contribution in [0, 0.1) is 0 Å². The van der Waals surface area contributed by atoms with Crippen LogP contribution in [0.3, 0.4) is 0 Å². The third kappa shape index (κ3) is 6.61. The number of carbonyl (C=O) groups is 3. The summed E-state index contributed by atoms with van der Waals surface area (Å²) in [7, 11) is 0. The highest BCUT2D eigenvalue weighted by Crippen LogP contribution is 2.17. The van der Waals surface area contributed by atoms with Gasteiger partial charge in [0.2, 0.25) is 5.91 Å². The summed E-state index contributed by atoms with van der Waals surface area (Å²) in [6.07, 6.45) is 2.44. The minimum absolute atomic E-state index is 0.00507. The molecule has 0 aliphatic heterocycles. The van der Waals surface area contributed by atoms with Gasteiger partial charge < -0.3 is 26.2 Å². The molecular weight excluding hydrogens is 254 g/mol. The van der Waals surface area contributed by atoms with E-state index in [0.717, 1.165) is 0 Å². The Hall–Kier alpha value is -1.83. The van der Waals surface area contributed by atoms with Gasteiger partial charge in [-0.2, -0.15) is 0 Å². The van der Waals surface area contributed by atoms with E-state index in [1.54, 1.807) is 0 Å². The van der Waals surface area contributed by atoms with Crippen molar-refractivity contribution < 1.29 is 24.6 Å². The van der Waals surface area contributed by atoms with Gasteiger partial charge in [-0.15, -0.1) is 0 Å². The zero-order chi connectivity index (χ0) is 14.3. The second-order valence-corrected chi connectivity index (χ2v) is 4.50. The van der Waals surface area contributed by atoms with Crippen LogP contribution in [-0.4, -0.2) is 53.4 Å². The summed E-state index contributed by atoms with van der Waals surface area (Å²) >= 11 is 0. The molecule has 0 aromatic heterocycles. The molecule has 0 saturated heterocycles. The predicted molar refractivity (Wildman–Crippen MR) is 65.4 cm³/mol. The molecule has 0 unspecified atom stereocenters. The molecule has 0 spiro atoms. The normalized spacial score (nSPS) is 22.4. The van der Waals surface area contributed by atoms with Crippen LogP contribution in [-0.2, 0) is 9.59 Å². The van der Waals surface area contributed by atoms with Crippen LogP contribution in [0.4, 0.5) is 4.79 Å². The molecule has 0 radical (unpaired) electrons. The van der Waals surface area contributed by atoms with E-state index in [-0.39, 0.29) is 18.7 Å². The number of rotatable bonds is 5. The number of nitrogens with one attached hydrogen (secondary N) is 3. The van der Waals surface area contributed by atoms with Crippen molar-refractivity contribution in [2.24, 2.45) is 0 Å². The van der Waals surface area contributed by atoms with Gasteiger partial charge in [0.05, 0.1) is 12.6 Å². The molecule has 1 aliphatic rings. The second kappa shape index (κ2) is 7.57. The van der Waals surface area contributed by atoms with Crippen molar-refractivity contribution in [1.29, 1.82) is 0 Å². The van der Waals surface area contributed by atoms with E-state index >= 15 is 0 Å². The summed E-state index contributed by atoms with van der Waals surface area (Å²) in [6.45, 7) is -0.739. The highest BCUT2D eigenvalue weighted by molar-refractivity contribution is 5.86. The Morgan fingerprint density at radius 1 is 1.00 bits per heavy atom. The second-order valence-electron chi connectivity index (χ2n) is 4.50. The fourth-order valence-electron chi connectivity index (χ4n) is 1.85. The lowest BCUT2D eigenvalue weighted by molar-refractivity contribution is -0.137. The quantitative estimate of drug-likeness (QED) is 0.429. The lowest BCUT2D eigenvalue weighted by Gasteiger charge is -2.26. The standard InChI is InChI=1S/C11H19N3O5/c15-8-3-1-7(2-4-8)14-11(19)13-5-9(16)12-6-10(17)18/h7-8,15H,1-6H2,(H,12,16)(H,17,18)(H2,13,14,19). The van der Waals surface area contributed by atoms with E-state index in [1.165, 1.54) is 0 Å². The van der Waals surface area contributed by atoms with Gasteiger partial charge in [0.15, 0.2) is 0 Å². The third-order valence-corrected chi connectivity index (χ3v) is 2.88. The summed E-state index contributed by atoms with van der Waals surface area (Å²) in [5, 5.41) is 24.8. The average molecular weight is 273 g/mol. The minimum Gasteiger partial charge on any atom is -0.480 e. The molecule has 1 rings (SSSR count). The van der Waals surface area contributed by atoms with Crippen molar-refractivity contribution in [3.8, 4) is 0 Å². The molecule has 0 bridgehead atoms. The van der Waals surface area contributed by atoms with Crippen molar-refractivity contribution in [3.05, 3.63) is 0 Å². The first kappa shape index (κ1) is 15.2. The minimum atomic E-state index is -1.14. The van der Waals surface area contributed by atoms with Gasteiger partial charge in [-0.3, -0.25) is 9.59 Å². The molecule has 0 aromatic carbocycles. The number of carboxylic acids is 1. The first-order valence-corrected chi connectivity index (χ1v) is 6.18. The zero-order valence-electron chi connectivity index (χ0n) is 10.5. The highest BCUT2D eigenvalue weighted by atomic mass is 16.4. The van der Waals surface area contributed by atoms with Crippen LogP contribution in [0.25, 0.3) is 0 Å². The largest absolute Gasteiger partial charge is 0.480 e. The van der Waals surface area contributed by atoms with Crippen molar-refractivity contribution in [3.63, 3.8) is 0 Å². The Morgan fingerprint density at radius 3 is 2.21 bits per heavy atom. The number of aliphatic hydroxyl groups excluding tert-OH is 1. The Labute approximate surface area is 110 Å². The summed E-state index contributed by atoms with van der Waals surface area (Å²) in [5.74, 6) is -1.70. The Balaban J connectivity index is 2.13. The number of carbonyl (C=O) groups excluding carboxylic acids is 2. The maximum absolute atomic E-state index is 11.5. The molecule has 3 amide bonds. The third-order valence-electron chi connectivity index (χ3n) is 2.88. The topological polar surface area (TPSA) is 128 Å². The van der Waals surface area contributed by atoms with E-state index in [0.29, 0.717) is 25.7 Å². The molecule has 1 fully saturated rings. The predicted octanol–water partition coefficient (Wildman–Crippen LogP) is -1.21. The van der Waals surface area contributed by atoms with Gasteiger partial charge in [0.1, 0.15) is 6.54 Å². The van der Waals surface area contributed by atoms with Crippen molar-refractivity contribution in [1.82, 2.24) is 16.0 Å².